The lowest BCUT2D eigenvalue weighted by Crippen LogP contribution is -2.13. The van der Waals surface area contributed by atoms with E-state index in [0.29, 0.717) is 24.9 Å². The molecule has 1 aromatic heterocycles. The molecule has 1 heterocycles. The van der Waals surface area contributed by atoms with Crippen LogP contribution in [0.1, 0.15) is 5.56 Å². The van der Waals surface area contributed by atoms with Gasteiger partial charge in [0.25, 0.3) is 0 Å². The van der Waals surface area contributed by atoms with Crippen molar-refractivity contribution in [2.24, 2.45) is 0 Å². The highest BCUT2D eigenvalue weighted by atomic mass is 16.5. The average molecular weight is 321 g/mol. The van der Waals surface area contributed by atoms with Crippen LogP contribution in [0.4, 0.5) is 5.82 Å². The molecule has 5 nitrogen and oxygen atoms in total. The number of aromatic nitrogens is 2. The van der Waals surface area contributed by atoms with Crippen LogP contribution in [0.2, 0.25) is 0 Å². The fourth-order valence-electron chi connectivity index (χ4n) is 2.10. The molecule has 0 unspecified atom stereocenters. The molecule has 0 radical (unpaired) electrons. The summed E-state index contributed by atoms with van der Waals surface area (Å²) in [6, 6.07) is 19.5. The first-order valence-electron chi connectivity index (χ1n) is 7.79. The Balaban J connectivity index is 1.56. The standard InChI is InChI=1S/C19H19N3O2/c1-15-14-21-19(24-17-10-6-3-7-11-17)22-18(15)20-12-13-23-16-8-4-2-5-9-16/h2-11,14H,12-13H2,1H3,(H,20,21,22). The maximum absolute atomic E-state index is 5.66. The first-order valence-corrected chi connectivity index (χ1v) is 7.79. The molecule has 0 aliphatic heterocycles. The van der Waals surface area contributed by atoms with E-state index in [2.05, 4.69) is 15.3 Å². The van der Waals surface area contributed by atoms with Crippen LogP contribution in [-0.2, 0) is 0 Å². The van der Waals surface area contributed by atoms with Crippen molar-refractivity contribution in [1.29, 1.82) is 0 Å². The Morgan fingerprint density at radius 2 is 1.58 bits per heavy atom. The van der Waals surface area contributed by atoms with Gasteiger partial charge in [0.1, 0.15) is 23.9 Å². The molecule has 0 aliphatic rings. The predicted molar refractivity (Wildman–Crippen MR) is 93.7 cm³/mol. The maximum atomic E-state index is 5.66. The minimum Gasteiger partial charge on any atom is -0.492 e. The van der Waals surface area contributed by atoms with E-state index in [1.54, 1.807) is 6.20 Å². The molecule has 0 bridgehead atoms. The molecule has 0 fully saturated rings. The number of rotatable bonds is 7. The average Bonchev–Trinajstić information content (AvgIpc) is 2.63. The Morgan fingerprint density at radius 1 is 0.917 bits per heavy atom. The lowest BCUT2D eigenvalue weighted by Gasteiger charge is -2.11. The molecule has 0 saturated carbocycles. The van der Waals surface area contributed by atoms with Crippen molar-refractivity contribution in [1.82, 2.24) is 9.97 Å². The molecule has 5 heteroatoms. The van der Waals surface area contributed by atoms with E-state index in [1.165, 1.54) is 0 Å². The minimum atomic E-state index is 0.318. The number of aryl methyl sites for hydroxylation is 1. The molecule has 24 heavy (non-hydrogen) atoms. The molecule has 0 saturated heterocycles. The summed E-state index contributed by atoms with van der Waals surface area (Å²) >= 11 is 0. The van der Waals surface area contributed by atoms with Crippen LogP contribution >= 0.6 is 0 Å². The predicted octanol–water partition coefficient (Wildman–Crippen LogP) is 4.07. The fraction of sp³-hybridized carbons (Fsp3) is 0.158. The summed E-state index contributed by atoms with van der Waals surface area (Å²) in [5.74, 6) is 2.30. The minimum absolute atomic E-state index is 0.318. The lowest BCUT2D eigenvalue weighted by molar-refractivity contribution is 0.332. The second-order valence-electron chi connectivity index (χ2n) is 5.19. The Bertz CT molecular complexity index is 764. The lowest BCUT2D eigenvalue weighted by atomic mass is 10.3. The van der Waals surface area contributed by atoms with E-state index in [-0.39, 0.29) is 0 Å². The van der Waals surface area contributed by atoms with Gasteiger partial charge >= 0.3 is 6.01 Å². The van der Waals surface area contributed by atoms with E-state index in [1.807, 2.05) is 67.6 Å². The summed E-state index contributed by atoms with van der Waals surface area (Å²) in [5.41, 5.74) is 0.954. The smallest absolute Gasteiger partial charge is 0.323 e. The summed E-state index contributed by atoms with van der Waals surface area (Å²) in [7, 11) is 0. The zero-order chi connectivity index (χ0) is 16.6. The highest BCUT2D eigenvalue weighted by Gasteiger charge is 2.05. The number of benzene rings is 2. The maximum Gasteiger partial charge on any atom is 0.323 e. The summed E-state index contributed by atoms with van der Waals surface area (Å²) in [5, 5.41) is 3.25. The zero-order valence-corrected chi connectivity index (χ0v) is 13.5. The Morgan fingerprint density at radius 3 is 2.29 bits per heavy atom. The van der Waals surface area contributed by atoms with Crippen molar-refractivity contribution in [2.45, 2.75) is 6.92 Å². The van der Waals surface area contributed by atoms with Gasteiger partial charge in [-0.3, -0.25) is 0 Å². The fourth-order valence-corrected chi connectivity index (χ4v) is 2.10. The van der Waals surface area contributed by atoms with Gasteiger partial charge in [0, 0.05) is 11.8 Å². The summed E-state index contributed by atoms with van der Waals surface area (Å²) in [4.78, 5) is 8.62. The van der Waals surface area contributed by atoms with Crippen LogP contribution in [0.15, 0.2) is 66.9 Å². The molecule has 3 aromatic rings. The Labute approximate surface area is 141 Å². The monoisotopic (exact) mass is 321 g/mol. The van der Waals surface area contributed by atoms with Gasteiger partial charge in [0.2, 0.25) is 0 Å². The first-order chi connectivity index (χ1) is 11.8. The third-order valence-corrected chi connectivity index (χ3v) is 3.31. The van der Waals surface area contributed by atoms with Crippen LogP contribution < -0.4 is 14.8 Å². The van der Waals surface area contributed by atoms with E-state index in [9.17, 15) is 0 Å². The highest BCUT2D eigenvalue weighted by molar-refractivity contribution is 5.43. The first kappa shape index (κ1) is 15.8. The number of nitrogens with one attached hydrogen (secondary N) is 1. The van der Waals surface area contributed by atoms with E-state index < -0.39 is 0 Å². The van der Waals surface area contributed by atoms with Gasteiger partial charge < -0.3 is 14.8 Å². The van der Waals surface area contributed by atoms with Gasteiger partial charge in [-0.15, -0.1) is 0 Å². The van der Waals surface area contributed by atoms with Crippen molar-refractivity contribution in [2.75, 3.05) is 18.5 Å². The third-order valence-electron chi connectivity index (χ3n) is 3.31. The molecule has 2 aromatic carbocycles. The molecule has 0 atom stereocenters. The van der Waals surface area contributed by atoms with Crippen LogP contribution in [0.5, 0.6) is 17.5 Å². The molecular formula is C19H19N3O2. The number of ether oxygens (including phenoxy) is 2. The van der Waals surface area contributed by atoms with Crippen LogP contribution in [0.3, 0.4) is 0 Å². The van der Waals surface area contributed by atoms with Gasteiger partial charge in [-0.25, -0.2) is 4.98 Å². The van der Waals surface area contributed by atoms with Crippen LogP contribution in [0, 0.1) is 6.92 Å². The van der Waals surface area contributed by atoms with Crippen LogP contribution in [0.25, 0.3) is 0 Å². The van der Waals surface area contributed by atoms with Gasteiger partial charge in [-0.2, -0.15) is 4.98 Å². The summed E-state index contributed by atoms with van der Waals surface area (Å²) < 4.78 is 11.3. The number of nitrogens with zero attached hydrogens (tertiary/aromatic N) is 2. The second kappa shape index (κ2) is 7.97. The summed E-state index contributed by atoms with van der Waals surface area (Å²) in [6.45, 7) is 3.13. The molecule has 0 aliphatic carbocycles. The largest absolute Gasteiger partial charge is 0.492 e. The molecule has 3 rings (SSSR count). The van der Waals surface area contributed by atoms with Gasteiger partial charge in [-0.05, 0) is 31.2 Å². The normalized spacial score (nSPS) is 10.2. The van der Waals surface area contributed by atoms with Crippen molar-refractivity contribution in [3.8, 4) is 17.5 Å². The Hall–Kier alpha value is -3.08. The van der Waals surface area contributed by atoms with E-state index in [4.69, 9.17) is 9.47 Å². The van der Waals surface area contributed by atoms with Gasteiger partial charge in [-0.1, -0.05) is 36.4 Å². The third kappa shape index (κ3) is 4.46. The molecule has 122 valence electrons. The molecule has 0 spiro atoms. The quantitative estimate of drug-likeness (QED) is 0.665. The summed E-state index contributed by atoms with van der Waals surface area (Å²) in [6.07, 6.45) is 1.74. The van der Waals surface area contributed by atoms with Gasteiger partial charge in [0.05, 0.1) is 6.54 Å². The zero-order valence-electron chi connectivity index (χ0n) is 13.5. The van der Waals surface area contributed by atoms with Crippen molar-refractivity contribution in [3.05, 3.63) is 72.4 Å². The Kier molecular flexibility index (Phi) is 5.24. The molecule has 1 N–H and O–H groups in total. The van der Waals surface area contributed by atoms with Crippen molar-refractivity contribution in [3.63, 3.8) is 0 Å². The SMILES string of the molecule is Cc1cnc(Oc2ccccc2)nc1NCCOc1ccccc1. The molecular weight excluding hydrogens is 302 g/mol. The number of hydrogen-bond acceptors (Lipinski definition) is 5. The topological polar surface area (TPSA) is 56.3 Å². The van der Waals surface area contributed by atoms with Gasteiger partial charge in [0.15, 0.2) is 0 Å². The van der Waals surface area contributed by atoms with Crippen LogP contribution in [-0.4, -0.2) is 23.1 Å². The highest BCUT2D eigenvalue weighted by Crippen LogP contribution is 2.20. The van der Waals surface area contributed by atoms with Crippen molar-refractivity contribution < 1.29 is 9.47 Å². The number of hydrogen-bond donors (Lipinski definition) is 1. The molecule has 0 amide bonds. The van der Waals surface area contributed by atoms with E-state index in [0.717, 1.165) is 17.1 Å². The number of anilines is 1. The second-order valence-corrected chi connectivity index (χ2v) is 5.19. The van der Waals surface area contributed by atoms with Crippen molar-refractivity contribution >= 4 is 5.82 Å². The van der Waals surface area contributed by atoms with E-state index >= 15 is 0 Å². The number of para-hydroxylation sites is 2.